The Labute approximate surface area is 169 Å². The lowest BCUT2D eigenvalue weighted by molar-refractivity contribution is -0.124. The van der Waals surface area contributed by atoms with Crippen molar-refractivity contribution in [1.29, 1.82) is 0 Å². The van der Waals surface area contributed by atoms with Crippen LogP contribution in [-0.2, 0) is 14.8 Å². The topological polar surface area (TPSA) is 78.5 Å². The average molecular weight is 408 g/mol. The van der Waals surface area contributed by atoms with Crippen LogP contribution in [0.1, 0.15) is 51.5 Å². The van der Waals surface area contributed by atoms with E-state index in [0.717, 1.165) is 37.5 Å². The van der Waals surface area contributed by atoms with E-state index in [1.807, 2.05) is 20.8 Å². The van der Waals surface area contributed by atoms with Crippen molar-refractivity contribution in [2.45, 2.75) is 75.9 Å². The standard InChI is InChI=1S/C21H33N3O3S/c1-15(2)14-20(23-28(26,27)19-8-4-16(3)5-9-19)21(25)22-17-10-12-24(13-11-17)18-6-7-18/h4-5,8-9,15,17-18,20,23H,6-7,10-14H2,1-3H3,(H,22,25). The molecule has 1 saturated carbocycles. The lowest BCUT2D eigenvalue weighted by atomic mass is 10.0. The molecule has 1 heterocycles. The number of rotatable bonds is 8. The van der Waals surface area contributed by atoms with Crippen LogP contribution >= 0.6 is 0 Å². The second kappa shape index (κ2) is 8.93. The molecule has 1 atom stereocenters. The number of benzene rings is 1. The summed E-state index contributed by atoms with van der Waals surface area (Å²) in [5.41, 5.74) is 0.993. The lowest BCUT2D eigenvalue weighted by Gasteiger charge is -2.33. The van der Waals surface area contributed by atoms with Gasteiger partial charge >= 0.3 is 0 Å². The minimum atomic E-state index is -3.74. The van der Waals surface area contributed by atoms with Crippen LogP contribution in [-0.4, -0.2) is 50.4 Å². The molecule has 2 fully saturated rings. The molecule has 1 amide bonds. The Morgan fingerprint density at radius 3 is 2.25 bits per heavy atom. The second-order valence-electron chi connectivity index (χ2n) is 8.67. The molecule has 2 N–H and O–H groups in total. The third-order valence-electron chi connectivity index (χ3n) is 5.59. The molecule has 0 aromatic heterocycles. The number of hydrogen-bond acceptors (Lipinski definition) is 4. The van der Waals surface area contributed by atoms with Crippen LogP contribution in [0.3, 0.4) is 0 Å². The number of likely N-dealkylation sites (tertiary alicyclic amines) is 1. The first-order valence-electron chi connectivity index (χ1n) is 10.4. The van der Waals surface area contributed by atoms with E-state index < -0.39 is 16.1 Å². The van der Waals surface area contributed by atoms with E-state index in [2.05, 4.69) is 14.9 Å². The van der Waals surface area contributed by atoms with Gasteiger partial charge in [-0.2, -0.15) is 4.72 Å². The molecule has 0 radical (unpaired) electrons. The summed E-state index contributed by atoms with van der Waals surface area (Å²) in [5.74, 6) is -0.0116. The lowest BCUT2D eigenvalue weighted by Crippen LogP contribution is -2.52. The fourth-order valence-corrected chi connectivity index (χ4v) is 5.01. The highest BCUT2D eigenvalue weighted by Gasteiger charge is 2.33. The fourth-order valence-electron chi connectivity index (χ4n) is 3.80. The maximum Gasteiger partial charge on any atom is 0.241 e. The average Bonchev–Trinajstić information content (AvgIpc) is 3.47. The molecule has 2 aliphatic rings. The fraction of sp³-hybridized carbons (Fsp3) is 0.667. The number of carbonyl (C=O) groups excluding carboxylic acids is 1. The zero-order valence-electron chi connectivity index (χ0n) is 17.1. The largest absolute Gasteiger partial charge is 0.352 e. The van der Waals surface area contributed by atoms with Crippen molar-refractivity contribution in [1.82, 2.24) is 14.9 Å². The molecule has 3 rings (SSSR count). The smallest absolute Gasteiger partial charge is 0.241 e. The number of nitrogens with one attached hydrogen (secondary N) is 2. The predicted octanol–water partition coefficient (Wildman–Crippen LogP) is 2.43. The van der Waals surface area contributed by atoms with Gasteiger partial charge in [-0.15, -0.1) is 0 Å². The molecule has 6 nitrogen and oxygen atoms in total. The summed E-state index contributed by atoms with van der Waals surface area (Å²) in [5, 5.41) is 3.09. The zero-order chi connectivity index (χ0) is 20.3. The SMILES string of the molecule is Cc1ccc(S(=O)(=O)NC(CC(C)C)C(=O)NC2CCN(C3CC3)CC2)cc1. The molecule has 1 saturated heterocycles. The molecule has 1 aliphatic heterocycles. The number of piperidine rings is 1. The molecular weight excluding hydrogens is 374 g/mol. The number of carbonyl (C=O) groups is 1. The van der Waals surface area contributed by atoms with Gasteiger partial charge in [0.25, 0.3) is 0 Å². The van der Waals surface area contributed by atoms with Gasteiger partial charge in [-0.25, -0.2) is 8.42 Å². The number of amides is 1. The highest BCUT2D eigenvalue weighted by Crippen LogP contribution is 2.29. The van der Waals surface area contributed by atoms with Crippen LogP contribution in [0.15, 0.2) is 29.2 Å². The first-order valence-corrected chi connectivity index (χ1v) is 11.9. The molecule has 156 valence electrons. The maximum atomic E-state index is 12.9. The van der Waals surface area contributed by atoms with Crippen molar-refractivity contribution < 1.29 is 13.2 Å². The van der Waals surface area contributed by atoms with Crippen molar-refractivity contribution in [3.63, 3.8) is 0 Å². The Balaban J connectivity index is 1.62. The molecule has 0 bridgehead atoms. The van der Waals surface area contributed by atoms with Crippen molar-refractivity contribution in [2.75, 3.05) is 13.1 Å². The Bertz CT molecular complexity index is 765. The highest BCUT2D eigenvalue weighted by molar-refractivity contribution is 7.89. The van der Waals surface area contributed by atoms with Gasteiger partial charge in [-0.05, 0) is 57.1 Å². The summed E-state index contributed by atoms with van der Waals surface area (Å²) in [6, 6.07) is 6.81. The second-order valence-corrected chi connectivity index (χ2v) is 10.4. The summed E-state index contributed by atoms with van der Waals surface area (Å²) < 4.78 is 28.2. The summed E-state index contributed by atoms with van der Waals surface area (Å²) >= 11 is 0. The van der Waals surface area contributed by atoms with E-state index in [9.17, 15) is 13.2 Å². The molecule has 28 heavy (non-hydrogen) atoms. The minimum absolute atomic E-state index is 0.126. The van der Waals surface area contributed by atoms with Gasteiger partial charge < -0.3 is 10.2 Å². The summed E-state index contributed by atoms with van der Waals surface area (Å²) in [7, 11) is -3.74. The van der Waals surface area contributed by atoms with Gasteiger partial charge in [0.15, 0.2) is 0 Å². The van der Waals surface area contributed by atoms with Gasteiger partial charge in [0, 0.05) is 25.2 Å². The third kappa shape index (κ3) is 5.78. The Hall–Kier alpha value is -1.44. The minimum Gasteiger partial charge on any atom is -0.352 e. The molecular formula is C21H33N3O3S. The molecule has 0 spiro atoms. The number of aryl methyl sites for hydroxylation is 1. The van der Waals surface area contributed by atoms with E-state index in [-0.39, 0.29) is 22.8 Å². The summed E-state index contributed by atoms with van der Waals surface area (Å²) in [4.78, 5) is 15.6. The van der Waals surface area contributed by atoms with Crippen molar-refractivity contribution >= 4 is 15.9 Å². The van der Waals surface area contributed by atoms with Gasteiger partial charge in [0.2, 0.25) is 15.9 Å². The van der Waals surface area contributed by atoms with Crippen LogP contribution in [0.2, 0.25) is 0 Å². The molecule has 7 heteroatoms. The molecule has 1 aromatic carbocycles. The van der Waals surface area contributed by atoms with Crippen molar-refractivity contribution in [2.24, 2.45) is 5.92 Å². The van der Waals surface area contributed by atoms with E-state index in [1.165, 1.54) is 12.8 Å². The monoisotopic (exact) mass is 407 g/mol. The predicted molar refractivity (Wildman–Crippen MR) is 111 cm³/mol. The summed E-state index contributed by atoms with van der Waals surface area (Å²) in [6.45, 7) is 7.93. The first kappa shape index (κ1) is 21.3. The van der Waals surface area contributed by atoms with Gasteiger partial charge in [-0.3, -0.25) is 4.79 Å². The zero-order valence-corrected chi connectivity index (χ0v) is 18.0. The van der Waals surface area contributed by atoms with Crippen LogP contribution in [0.25, 0.3) is 0 Å². The Morgan fingerprint density at radius 1 is 1.11 bits per heavy atom. The van der Waals surface area contributed by atoms with Gasteiger partial charge in [0.05, 0.1) is 4.90 Å². The van der Waals surface area contributed by atoms with E-state index in [1.54, 1.807) is 24.3 Å². The van der Waals surface area contributed by atoms with E-state index >= 15 is 0 Å². The maximum absolute atomic E-state index is 12.9. The molecule has 1 aromatic rings. The summed E-state index contributed by atoms with van der Waals surface area (Å²) in [6.07, 6.45) is 4.93. The first-order chi connectivity index (χ1) is 13.2. The highest BCUT2D eigenvalue weighted by atomic mass is 32.2. The van der Waals surface area contributed by atoms with Crippen LogP contribution in [0.4, 0.5) is 0 Å². The quantitative estimate of drug-likeness (QED) is 0.694. The normalized spacial score (nSPS) is 20.3. The van der Waals surface area contributed by atoms with Crippen LogP contribution < -0.4 is 10.0 Å². The van der Waals surface area contributed by atoms with Crippen LogP contribution in [0.5, 0.6) is 0 Å². The van der Waals surface area contributed by atoms with Crippen LogP contribution in [0, 0.1) is 12.8 Å². The number of sulfonamides is 1. The van der Waals surface area contributed by atoms with Gasteiger partial charge in [0.1, 0.15) is 6.04 Å². The Kier molecular flexibility index (Phi) is 6.78. The van der Waals surface area contributed by atoms with Crippen molar-refractivity contribution in [3.8, 4) is 0 Å². The third-order valence-corrected chi connectivity index (χ3v) is 7.08. The van der Waals surface area contributed by atoms with E-state index in [0.29, 0.717) is 6.42 Å². The Morgan fingerprint density at radius 2 is 1.71 bits per heavy atom. The van der Waals surface area contributed by atoms with Gasteiger partial charge in [-0.1, -0.05) is 31.5 Å². The number of nitrogens with zero attached hydrogens (tertiary/aromatic N) is 1. The molecule has 1 unspecified atom stereocenters. The van der Waals surface area contributed by atoms with Crippen molar-refractivity contribution in [3.05, 3.63) is 29.8 Å². The van der Waals surface area contributed by atoms with E-state index in [4.69, 9.17) is 0 Å². The number of hydrogen-bond donors (Lipinski definition) is 2. The molecule has 1 aliphatic carbocycles.